The molecule has 2 aromatic carbocycles. The molecule has 1 saturated heterocycles. The Morgan fingerprint density at radius 1 is 0.765 bits per heavy atom. The molecule has 0 aromatic heterocycles. The third-order valence-corrected chi connectivity index (χ3v) is 8.94. The lowest BCUT2D eigenvalue weighted by Gasteiger charge is -2.33. The van der Waals surface area contributed by atoms with Crippen molar-refractivity contribution in [3.05, 3.63) is 48.0 Å². The Bertz CT molecular complexity index is 1230. The third-order valence-electron chi connectivity index (χ3n) is 5.15. The molecule has 2 aromatic rings. The first-order chi connectivity index (χ1) is 15.9. The van der Waals surface area contributed by atoms with Crippen LogP contribution in [0, 0.1) is 0 Å². The zero-order valence-corrected chi connectivity index (χ0v) is 20.2. The van der Waals surface area contributed by atoms with Gasteiger partial charge in [0, 0.05) is 32.2 Å². The highest BCUT2D eigenvalue weighted by atomic mass is 32.2. The third kappa shape index (κ3) is 5.48. The van der Waals surface area contributed by atoms with E-state index >= 15 is 0 Å². The Hall–Kier alpha value is -2.35. The number of alkyl halides is 3. The van der Waals surface area contributed by atoms with E-state index in [9.17, 15) is 30.0 Å². The molecule has 1 aliphatic rings. The van der Waals surface area contributed by atoms with Crippen molar-refractivity contribution < 1.29 is 39.5 Å². The van der Waals surface area contributed by atoms with Gasteiger partial charge in [-0.1, -0.05) is 6.07 Å². The Morgan fingerprint density at radius 3 is 1.76 bits per heavy atom. The van der Waals surface area contributed by atoms with Crippen molar-refractivity contribution in [2.45, 2.75) is 29.8 Å². The molecule has 3 rings (SSSR count). The lowest BCUT2D eigenvalue weighted by Crippen LogP contribution is -2.50. The molecule has 0 saturated carbocycles. The molecule has 0 bridgehead atoms. The molecule has 0 unspecified atom stereocenters. The van der Waals surface area contributed by atoms with Crippen molar-refractivity contribution in [3.8, 4) is 11.5 Å². The number of benzene rings is 2. The molecule has 0 N–H and O–H groups in total. The first-order valence-electron chi connectivity index (χ1n) is 10.5. The van der Waals surface area contributed by atoms with E-state index in [2.05, 4.69) is 0 Å². The summed E-state index contributed by atoms with van der Waals surface area (Å²) in [5.74, 6) is 0.677. The minimum atomic E-state index is -4.68. The van der Waals surface area contributed by atoms with Gasteiger partial charge < -0.3 is 9.47 Å². The summed E-state index contributed by atoms with van der Waals surface area (Å²) < 4.78 is 104. The van der Waals surface area contributed by atoms with Crippen LogP contribution >= 0.6 is 0 Å². The van der Waals surface area contributed by atoms with Crippen molar-refractivity contribution in [1.29, 1.82) is 0 Å². The first-order valence-corrected chi connectivity index (χ1v) is 13.4. The van der Waals surface area contributed by atoms with Crippen LogP contribution in [-0.4, -0.2) is 64.8 Å². The quantitative estimate of drug-likeness (QED) is 0.529. The molecule has 8 nitrogen and oxygen atoms in total. The average Bonchev–Trinajstić information content (AvgIpc) is 2.80. The molecule has 0 amide bonds. The fourth-order valence-electron chi connectivity index (χ4n) is 3.47. The van der Waals surface area contributed by atoms with Crippen LogP contribution in [-0.2, 0) is 26.2 Å². The lowest BCUT2D eigenvalue weighted by atomic mass is 10.2. The van der Waals surface area contributed by atoms with Gasteiger partial charge in [0.15, 0.2) is 11.5 Å². The van der Waals surface area contributed by atoms with E-state index in [0.29, 0.717) is 25.0 Å². The molecule has 0 radical (unpaired) electrons. The standard InChI is InChI=1S/C21H25F3N2O6S2/c1-3-31-19-9-8-18(15-20(19)32-4-2)34(29,30)26-12-10-25(11-13-26)33(27,28)17-7-5-6-16(14-17)21(22,23)24/h5-9,14-15H,3-4,10-13H2,1-2H3. The number of ether oxygens (including phenoxy) is 2. The van der Waals surface area contributed by atoms with E-state index in [-0.39, 0.29) is 36.8 Å². The minimum Gasteiger partial charge on any atom is -0.490 e. The number of sulfonamides is 2. The number of rotatable bonds is 8. The average molecular weight is 523 g/mol. The second-order valence-electron chi connectivity index (χ2n) is 7.31. The highest BCUT2D eigenvalue weighted by Gasteiger charge is 2.36. The van der Waals surface area contributed by atoms with Crippen molar-refractivity contribution in [1.82, 2.24) is 8.61 Å². The van der Waals surface area contributed by atoms with E-state index in [0.717, 1.165) is 26.8 Å². The summed E-state index contributed by atoms with van der Waals surface area (Å²) in [4.78, 5) is -0.528. The van der Waals surface area contributed by atoms with Gasteiger partial charge in [-0.2, -0.15) is 21.8 Å². The Labute approximate surface area is 197 Å². The molecule has 0 atom stereocenters. The van der Waals surface area contributed by atoms with Crippen LogP contribution < -0.4 is 9.47 Å². The van der Waals surface area contributed by atoms with Crippen molar-refractivity contribution >= 4 is 20.0 Å². The summed E-state index contributed by atoms with van der Waals surface area (Å²) in [7, 11) is -8.20. The largest absolute Gasteiger partial charge is 0.490 e. The molecular weight excluding hydrogens is 497 g/mol. The van der Waals surface area contributed by atoms with E-state index in [1.165, 1.54) is 18.2 Å². The SMILES string of the molecule is CCOc1ccc(S(=O)(=O)N2CCN(S(=O)(=O)c3cccc(C(F)(F)F)c3)CC2)cc1OCC. The number of hydrogen-bond donors (Lipinski definition) is 0. The Morgan fingerprint density at radius 2 is 1.26 bits per heavy atom. The summed E-state index contributed by atoms with van der Waals surface area (Å²) in [6.45, 7) is 3.49. The second kappa shape index (κ2) is 10.1. The molecule has 34 heavy (non-hydrogen) atoms. The molecule has 1 aliphatic heterocycles. The van der Waals surface area contributed by atoms with Crippen molar-refractivity contribution in [2.24, 2.45) is 0 Å². The van der Waals surface area contributed by atoms with Gasteiger partial charge in [-0.3, -0.25) is 0 Å². The van der Waals surface area contributed by atoms with E-state index in [4.69, 9.17) is 9.47 Å². The Kier molecular flexibility index (Phi) is 7.80. The maximum absolute atomic E-state index is 13.1. The molecule has 1 fully saturated rings. The summed E-state index contributed by atoms with van der Waals surface area (Å²) in [5.41, 5.74) is -1.07. The van der Waals surface area contributed by atoms with E-state index in [1.807, 2.05) is 0 Å². The van der Waals surface area contributed by atoms with Gasteiger partial charge in [-0.25, -0.2) is 16.8 Å². The van der Waals surface area contributed by atoms with Gasteiger partial charge in [0.05, 0.1) is 28.6 Å². The topological polar surface area (TPSA) is 93.2 Å². The van der Waals surface area contributed by atoms with Crippen LogP contribution in [0.2, 0.25) is 0 Å². The molecule has 1 heterocycles. The predicted octanol–water partition coefficient (Wildman–Crippen LogP) is 3.20. The van der Waals surface area contributed by atoms with Crippen LogP contribution in [0.5, 0.6) is 11.5 Å². The zero-order chi connectivity index (χ0) is 25.1. The van der Waals surface area contributed by atoms with Gasteiger partial charge in [0.25, 0.3) is 0 Å². The first kappa shape index (κ1) is 26.3. The van der Waals surface area contributed by atoms with E-state index < -0.39 is 36.7 Å². The number of nitrogens with zero attached hydrogens (tertiary/aromatic N) is 2. The van der Waals surface area contributed by atoms with E-state index in [1.54, 1.807) is 13.8 Å². The fourth-order valence-corrected chi connectivity index (χ4v) is 6.38. The maximum Gasteiger partial charge on any atom is 0.416 e. The lowest BCUT2D eigenvalue weighted by molar-refractivity contribution is -0.137. The van der Waals surface area contributed by atoms with Crippen LogP contribution in [0.4, 0.5) is 13.2 Å². The predicted molar refractivity (Wildman–Crippen MR) is 118 cm³/mol. The summed E-state index contributed by atoms with van der Waals surface area (Å²) in [6.07, 6.45) is -4.68. The summed E-state index contributed by atoms with van der Waals surface area (Å²) in [6, 6.07) is 7.71. The fraction of sp³-hybridized carbons (Fsp3) is 0.429. The molecule has 188 valence electrons. The van der Waals surface area contributed by atoms with Crippen molar-refractivity contribution in [2.75, 3.05) is 39.4 Å². The van der Waals surface area contributed by atoms with Crippen LogP contribution in [0.1, 0.15) is 19.4 Å². The van der Waals surface area contributed by atoms with Crippen LogP contribution in [0.25, 0.3) is 0 Å². The number of halogens is 3. The smallest absolute Gasteiger partial charge is 0.416 e. The molecule has 0 spiro atoms. The second-order valence-corrected chi connectivity index (χ2v) is 11.2. The Balaban J connectivity index is 1.78. The maximum atomic E-state index is 13.1. The minimum absolute atomic E-state index is 0.0337. The van der Waals surface area contributed by atoms with Crippen molar-refractivity contribution in [3.63, 3.8) is 0 Å². The summed E-state index contributed by atoms with van der Waals surface area (Å²) in [5, 5.41) is 0. The van der Waals surface area contributed by atoms with Gasteiger partial charge in [0.2, 0.25) is 20.0 Å². The monoisotopic (exact) mass is 522 g/mol. The molecule has 13 heteroatoms. The van der Waals surface area contributed by atoms with Crippen LogP contribution in [0.15, 0.2) is 52.3 Å². The highest BCUT2D eigenvalue weighted by Crippen LogP contribution is 2.33. The van der Waals surface area contributed by atoms with Crippen LogP contribution in [0.3, 0.4) is 0 Å². The highest BCUT2D eigenvalue weighted by molar-refractivity contribution is 7.89. The molecule has 0 aliphatic carbocycles. The van der Waals surface area contributed by atoms with Gasteiger partial charge >= 0.3 is 6.18 Å². The number of hydrogen-bond acceptors (Lipinski definition) is 6. The summed E-state index contributed by atoms with van der Waals surface area (Å²) >= 11 is 0. The van der Waals surface area contributed by atoms with Gasteiger partial charge in [-0.05, 0) is 44.2 Å². The zero-order valence-electron chi connectivity index (χ0n) is 18.6. The number of piperazine rings is 1. The normalized spacial score (nSPS) is 16.4. The van der Waals surface area contributed by atoms with Gasteiger partial charge in [-0.15, -0.1) is 0 Å². The molecular formula is C21H25F3N2O6S2. The van der Waals surface area contributed by atoms with Gasteiger partial charge in [0.1, 0.15) is 0 Å².